The van der Waals surface area contributed by atoms with Crippen LogP contribution >= 0.6 is 11.6 Å². The summed E-state index contributed by atoms with van der Waals surface area (Å²) in [7, 11) is 0. The van der Waals surface area contributed by atoms with E-state index in [1.54, 1.807) is 12.1 Å². The minimum Gasteiger partial charge on any atom is -0.508 e. The summed E-state index contributed by atoms with van der Waals surface area (Å²) in [5, 5.41) is 14.5. The van der Waals surface area contributed by atoms with Crippen molar-refractivity contribution in [3.05, 3.63) is 28.8 Å². The molecule has 2 aliphatic heterocycles. The Morgan fingerprint density at radius 3 is 2.62 bits per heavy atom. The molecule has 1 aromatic carbocycles. The van der Waals surface area contributed by atoms with Gasteiger partial charge >= 0.3 is 0 Å². The maximum atomic E-state index is 10.1. The first kappa shape index (κ1) is 15.1. The number of aromatic hydroxyl groups is 1. The molecule has 2 fully saturated rings. The molecule has 3 rings (SSSR count). The van der Waals surface area contributed by atoms with Crippen molar-refractivity contribution >= 4 is 11.6 Å². The second kappa shape index (κ2) is 6.55. The minimum atomic E-state index is 0.320. The predicted molar refractivity (Wildman–Crippen MR) is 86.8 cm³/mol. The predicted octanol–water partition coefficient (Wildman–Crippen LogP) is 3.54. The Kier molecular flexibility index (Phi) is 4.72. The van der Waals surface area contributed by atoms with E-state index in [1.807, 2.05) is 6.07 Å². The van der Waals surface area contributed by atoms with Crippen molar-refractivity contribution in [1.82, 2.24) is 10.2 Å². The fourth-order valence-corrected chi connectivity index (χ4v) is 4.14. The quantitative estimate of drug-likeness (QED) is 0.873. The minimum absolute atomic E-state index is 0.320. The number of nitrogens with zero attached hydrogens (tertiary/aromatic N) is 1. The van der Waals surface area contributed by atoms with Gasteiger partial charge in [-0.15, -0.1) is 0 Å². The molecule has 0 aromatic heterocycles. The summed E-state index contributed by atoms with van der Waals surface area (Å²) in [5.74, 6) is 0.320. The Labute approximate surface area is 132 Å². The van der Waals surface area contributed by atoms with Gasteiger partial charge in [-0.1, -0.05) is 24.6 Å². The zero-order chi connectivity index (χ0) is 14.8. The van der Waals surface area contributed by atoms with Gasteiger partial charge in [-0.25, -0.2) is 0 Å². The number of rotatable bonds is 5. The average molecular weight is 309 g/mol. The van der Waals surface area contributed by atoms with E-state index in [1.165, 1.54) is 25.7 Å². The van der Waals surface area contributed by atoms with Gasteiger partial charge in [-0.05, 0) is 50.8 Å². The van der Waals surface area contributed by atoms with E-state index >= 15 is 0 Å². The second-order valence-electron chi connectivity index (χ2n) is 6.47. The molecule has 2 N–H and O–H groups in total. The van der Waals surface area contributed by atoms with Gasteiger partial charge < -0.3 is 10.4 Å². The van der Waals surface area contributed by atoms with Crippen molar-refractivity contribution in [2.45, 2.75) is 63.7 Å². The molecule has 0 radical (unpaired) electrons. The van der Waals surface area contributed by atoms with Crippen LogP contribution in [-0.4, -0.2) is 34.7 Å². The van der Waals surface area contributed by atoms with Crippen LogP contribution in [0.4, 0.5) is 0 Å². The lowest BCUT2D eigenvalue weighted by Gasteiger charge is -2.38. The summed E-state index contributed by atoms with van der Waals surface area (Å²) in [4.78, 5) is 2.52. The Hall–Kier alpha value is -0.770. The molecule has 2 bridgehead atoms. The van der Waals surface area contributed by atoms with Crippen molar-refractivity contribution in [1.29, 1.82) is 0 Å². The summed E-state index contributed by atoms with van der Waals surface area (Å²) in [6.07, 6.45) is 6.21. The zero-order valence-electron chi connectivity index (χ0n) is 12.7. The Morgan fingerprint density at radius 2 is 2.00 bits per heavy atom. The molecule has 2 saturated heterocycles. The van der Waals surface area contributed by atoms with Crippen LogP contribution in [0, 0.1) is 0 Å². The van der Waals surface area contributed by atoms with Gasteiger partial charge in [0.05, 0.1) is 0 Å². The number of halogens is 1. The van der Waals surface area contributed by atoms with Crippen molar-refractivity contribution in [3.63, 3.8) is 0 Å². The molecule has 1 aromatic rings. The van der Waals surface area contributed by atoms with Gasteiger partial charge in [-0.2, -0.15) is 0 Å². The maximum Gasteiger partial charge on any atom is 0.121 e. The van der Waals surface area contributed by atoms with Crippen LogP contribution in [0.1, 0.15) is 44.6 Å². The number of hydrogen-bond acceptors (Lipinski definition) is 3. The maximum absolute atomic E-state index is 10.1. The first-order chi connectivity index (χ1) is 10.2. The van der Waals surface area contributed by atoms with E-state index < -0.39 is 0 Å². The van der Waals surface area contributed by atoms with Gasteiger partial charge in [0.1, 0.15) is 5.75 Å². The zero-order valence-corrected chi connectivity index (χ0v) is 13.4. The summed E-state index contributed by atoms with van der Waals surface area (Å²) in [6.45, 7) is 4.04. The van der Waals surface area contributed by atoms with Gasteiger partial charge in [-0.3, -0.25) is 4.90 Å². The number of phenols is 1. The fraction of sp³-hybridized carbons (Fsp3) is 0.647. The molecular formula is C17H25ClN2O. The van der Waals surface area contributed by atoms with E-state index in [-0.39, 0.29) is 0 Å². The molecule has 3 nitrogen and oxygen atoms in total. The normalized spacial score (nSPS) is 28.2. The Balaban J connectivity index is 1.75. The van der Waals surface area contributed by atoms with Crippen molar-refractivity contribution < 1.29 is 5.11 Å². The van der Waals surface area contributed by atoms with Crippen LogP contribution in [0.25, 0.3) is 0 Å². The van der Waals surface area contributed by atoms with Gasteiger partial charge in [0.25, 0.3) is 0 Å². The summed E-state index contributed by atoms with van der Waals surface area (Å²) in [5.41, 5.74) is 0.874. The summed E-state index contributed by atoms with van der Waals surface area (Å²) < 4.78 is 0. The Bertz CT molecular complexity index is 461. The molecule has 2 atom stereocenters. The molecular weight excluding hydrogens is 284 g/mol. The molecule has 2 unspecified atom stereocenters. The standard InChI is InChI=1S/C17H25ClN2O/c1-2-8-20(11-15-16(18)4-3-5-17(15)21)14-9-12-6-7-13(10-14)19-12/h3-5,12-14,19,21H,2,6-11H2,1H3. The molecule has 4 heteroatoms. The van der Waals surface area contributed by atoms with Crippen LogP contribution in [0.5, 0.6) is 5.75 Å². The molecule has 0 saturated carbocycles. The van der Waals surface area contributed by atoms with E-state index in [0.717, 1.165) is 25.1 Å². The van der Waals surface area contributed by atoms with Crippen molar-refractivity contribution in [2.75, 3.05) is 6.54 Å². The Morgan fingerprint density at radius 1 is 1.29 bits per heavy atom. The molecule has 116 valence electrons. The van der Waals surface area contributed by atoms with Gasteiger partial charge in [0.2, 0.25) is 0 Å². The van der Waals surface area contributed by atoms with Crippen LogP contribution in [-0.2, 0) is 6.54 Å². The van der Waals surface area contributed by atoms with Crippen molar-refractivity contribution in [2.24, 2.45) is 0 Å². The van der Waals surface area contributed by atoms with Crippen LogP contribution in [0.3, 0.4) is 0 Å². The number of piperidine rings is 1. The molecule has 0 spiro atoms. The number of fused-ring (bicyclic) bond motifs is 2. The number of benzene rings is 1. The lowest BCUT2D eigenvalue weighted by atomic mass is 9.97. The number of hydrogen-bond donors (Lipinski definition) is 2. The van der Waals surface area contributed by atoms with Crippen molar-refractivity contribution in [3.8, 4) is 5.75 Å². The molecule has 0 amide bonds. The smallest absolute Gasteiger partial charge is 0.121 e. The highest BCUT2D eigenvalue weighted by Gasteiger charge is 2.36. The van der Waals surface area contributed by atoms with Crippen LogP contribution in [0.15, 0.2) is 18.2 Å². The lowest BCUT2D eigenvalue weighted by Crippen LogP contribution is -2.48. The highest BCUT2D eigenvalue weighted by atomic mass is 35.5. The number of phenolic OH excluding ortho intramolecular Hbond substituents is 1. The number of nitrogens with one attached hydrogen (secondary N) is 1. The van der Waals surface area contributed by atoms with Crippen LogP contribution in [0.2, 0.25) is 5.02 Å². The average Bonchev–Trinajstić information content (AvgIpc) is 2.80. The summed E-state index contributed by atoms with van der Waals surface area (Å²) in [6, 6.07) is 7.39. The second-order valence-corrected chi connectivity index (χ2v) is 6.88. The van der Waals surface area contributed by atoms with E-state index in [9.17, 15) is 5.11 Å². The van der Waals surface area contributed by atoms with E-state index in [2.05, 4.69) is 17.1 Å². The topological polar surface area (TPSA) is 35.5 Å². The highest BCUT2D eigenvalue weighted by molar-refractivity contribution is 6.31. The third-order valence-electron chi connectivity index (χ3n) is 4.93. The van der Waals surface area contributed by atoms with Crippen LogP contribution < -0.4 is 5.32 Å². The molecule has 0 aliphatic carbocycles. The first-order valence-electron chi connectivity index (χ1n) is 8.13. The lowest BCUT2D eigenvalue weighted by molar-refractivity contribution is 0.133. The van der Waals surface area contributed by atoms with E-state index in [0.29, 0.717) is 28.9 Å². The summed E-state index contributed by atoms with van der Waals surface area (Å²) >= 11 is 6.28. The fourth-order valence-electron chi connectivity index (χ4n) is 3.91. The molecule has 2 aliphatic rings. The SMILES string of the molecule is CCCN(Cc1c(O)cccc1Cl)C1CC2CCC(C1)N2. The largest absolute Gasteiger partial charge is 0.508 e. The molecule has 21 heavy (non-hydrogen) atoms. The highest BCUT2D eigenvalue weighted by Crippen LogP contribution is 2.33. The molecule has 2 heterocycles. The first-order valence-corrected chi connectivity index (χ1v) is 8.51. The van der Waals surface area contributed by atoms with E-state index in [4.69, 9.17) is 11.6 Å². The third kappa shape index (κ3) is 3.36. The third-order valence-corrected chi connectivity index (χ3v) is 5.28. The van der Waals surface area contributed by atoms with Gasteiger partial charge in [0, 0.05) is 35.3 Å². The van der Waals surface area contributed by atoms with Gasteiger partial charge in [0.15, 0.2) is 0 Å². The monoisotopic (exact) mass is 308 g/mol.